The van der Waals surface area contributed by atoms with Gasteiger partial charge in [-0.1, -0.05) is 29.8 Å². The van der Waals surface area contributed by atoms with E-state index in [0.717, 1.165) is 5.56 Å². The summed E-state index contributed by atoms with van der Waals surface area (Å²) >= 11 is 6.15. The zero-order valence-corrected chi connectivity index (χ0v) is 19.3. The molecular formula is C25H23ClN2O6. The fraction of sp³-hybridized carbons (Fsp3) is 0.160. The van der Waals surface area contributed by atoms with Gasteiger partial charge in [0.2, 0.25) is 5.91 Å². The normalized spacial score (nSPS) is 11.3. The molecule has 0 bridgehead atoms. The number of primary amides is 1. The smallest absolute Gasteiger partial charge is 0.339 e. The summed E-state index contributed by atoms with van der Waals surface area (Å²) in [6.45, 7) is 1.67. The van der Waals surface area contributed by atoms with Crippen LogP contribution in [0.5, 0.6) is 11.5 Å². The molecule has 0 spiro atoms. The summed E-state index contributed by atoms with van der Waals surface area (Å²) in [5, 5.41) is 3.19. The second-order valence-electron chi connectivity index (χ2n) is 7.22. The maximum Gasteiger partial charge on any atom is 0.339 e. The molecule has 3 aromatic rings. The summed E-state index contributed by atoms with van der Waals surface area (Å²) in [4.78, 5) is 36.1. The van der Waals surface area contributed by atoms with Gasteiger partial charge in [0.25, 0.3) is 5.91 Å². The number of nitrogens with two attached hydrogens (primary N) is 1. The number of anilines is 1. The number of rotatable bonds is 9. The third kappa shape index (κ3) is 6.26. The molecule has 2 amide bonds. The van der Waals surface area contributed by atoms with E-state index < -0.39 is 23.9 Å². The van der Waals surface area contributed by atoms with Crippen LogP contribution >= 0.6 is 11.6 Å². The van der Waals surface area contributed by atoms with Crippen LogP contribution in [-0.2, 0) is 16.1 Å². The quantitative estimate of drug-likeness (QED) is 0.441. The second kappa shape index (κ2) is 11.2. The summed E-state index contributed by atoms with van der Waals surface area (Å²) in [5.74, 6) is -1.07. The summed E-state index contributed by atoms with van der Waals surface area (Å²) < 4.78 is 16.4. The molecule has 3 aromatic carbocycles. The van der Waals surface area contributed by atoms with Crippen molar-refractivity contribution >= 4 is 35.1 Å². The third-order valence-electron chi connectivity index (χ3n) is 4.83. The first-order chi connectivity index (χ1) is 16.3. The van der Waals surface area contributed by atoms with Gasteiger partial charge in [-0.15, -0.1) is 0 Å². The largest absolute Gasteiger partial charge is 0.493 e. The van der Waals surface area contributed by atoms with Gasteiger partial charge in [-0.05, 0) is 55.5 Å². The van der Waals surface area contributed by atoms with E-state index >= 15 is 0 Å². The lowest BCUT2D eigenvalue weighted by Gasteiger charge is -2.15. The molecule has 0 radical (unpaired) electrons. The minimum atomic E-state index is -1.08. The molecule has 0 aliphatic carbocycles. The predicted octanol–water partition coefficient (Wildman–Crippen LogP) is 4.21. The van der Waals surface area contributed by atoms with Crippen LogP contribution in [0.3, 0.4) is 0 Å². The molecule has 3 rings (SSSR count). The van der Waals surface area contributed by atoms with E-state index in [1.807, 2.05) is 18.2 Å². The Morgan fingerprint density at radius 3 is 2.29 bits per heavy atom. The lowest BCUT2D eigenvalue weighted by atomic mass is 10.2. The number of amides is 2. The Morgan fingerprint density at radius 1 is 0.971 bits per heavy atom. The first-order valence-electron chi connectivity index (χ1n) is 10.2. The van der Waals surface area contributed by atoms with Gasteiger partial charge in [-0.25, -0.2) is 4.79 Å². The number of esters is 1. The lowest BCUT2D eigenvalue weighted by molar-refractivity contribution is -0.123. The van der Waals surface area contributed by atoms with Crippen molar-refractivity contribution < 1.29 is 28.6 Å². The molecule has 1 atom stereocenters. The fourth-order valence-corrected chi connectivity index (χ4v) is 3.12. The van der Waals surface area contributed by atoms with E-state index in [0.29, 0.717) is 27.8 Å². The molecule has 0 aromatic heterocycles. The van der Waals surface area contributed by atoms with E-state index in [-0.39, 0.29) is 12.2 Å². The van der Waals surface area contributed by atoms with Gasteiger partial charge in [0, 0.05) is 21.8 Å². The number of hydrogen-bond donors (Lipinski definition) is 2. The Bertz CT molecular complexity index is 1200. The minimum absolute atomic E-state index is 0.187. The van der Waals surface area contributed by atoms with Crippen molar-refractivity contribution in [3.05, 3.63) is 88.4 Å². The number of methoxy groups -OCH3 is 1. The molecule has 1 unspecified atom stereocenters. The summed E-state index contributed by atoms with van der Waals surface area (Å²) in [6, 6.07) is 17.9. The Hall–Kier alpha value is -4.04. The van der Waals surface area contributed by atoms with Gasteiger partial charge in [-0.3, -0.25) is 9.59 Å². The highest BCUT2D eigenvalue weighted by Crippen LogP contribution is 2.30. The number of carbonyl (C=O) groups is 3. The molecular weight excluding hydrogens is 460 g/mol. The first-order valence-corrected chi connectivity index (χ1v) is 10.6. The van der Waals surface area contributed by atoms with Gasteiger partial charge in [0.15, 0.2) is 17.6 Å². The number of benzene rings is 3. The molecule has 0 heterocycles. The van der Waals surface area contributed by atoms with E-state index in [1.165, 1.54) is 50.4 Å². The van der Waals surface area contributed by atoms with Crippen molar-refractivity contribution in [1.82, 2.24) is 0 Å². The third-order valence-corrected chi connectivity index (χ3v) is 5.20. The number of hydrogen-bond acceptors (Lipinski definition) is 6. The molecule has 0 saturated carbocycles. The molecule has 3 N–H and O–H groups in total. The Labute approximate surface area is 201 Å². The zero-order chi connectivity index (χ0) is 24.7. The highest BCUT2D eigenvalue weighted by atomic mass is 35.5. The topological polar surface area (TPSA) is 117 Å². The summed E-state index contributed by atoms with van der Waals surface area (Å²) in [5.41, 5.74) is 6.93. The van der Waals surface area contributed by atoms with Crippen molar-refractivity contribution in [1.29, 1.82) is 0 Å². The maximum atomic E-state index is 12.6. The van der Waals surface area contributed by atoms with Crippen LogP contribution in [0, 0.1) is 0 Å². The van der Waals surface area contributed by atoms with Crippen molar-refractivity contribution in [2.24, 2.45) is 5.73 Å². The Balaban J connectivity index is 1.61. The predicted molar refractivity (Wildman–Crippen MR) is 127 cm³/mol. The first kappa shape index (κ1) is 24.6. The standard InChI is InChI=1S/C25H23ClN2O6/c1-15(24(30)28-19-10-7-16(8-11-19)23(27)29)34-25(31)17-9-12-21(22(13-17)32-2)33-14-18-5-3-4-6-20(18)26/h3-13,15H,14H2,1-2H3,(H2,27,29)(H,28,30). The average Bonchev–Trinajstić information content (AvgIpc) is 2.83. The fourth-order valence-electron chi connectivity index (χ4n) is 2.93. The van der Waals surface area contributed by atoms with Crippen LogP contribution in [0.15, 0.2) is 66.7 Å². The van der Waals surface area contributed by atoms with E-state index in [9.17, 15) is 14.4 Å². The lowest BCUT2D eigenvalue weighted by Crippen LogP contribution is -2.30. The van der Waals surface area contributed by atoms with Gasteiger partial charge >= 0.3 is 5.97 Å². The molecule has 0 aliphatic heterocycles. The van der Waals surface area contributed by atoms with Crippen LogP contribution in [0.1, 0.15) is 33.2 Å². The highest BCUT2D eigenvalue weighted by Gasteiger charge is 2.20. The van der Waals surface area contributed by atoms with Crippen LogP contribution in [0.2, 0.25) is 5.02 Å². The zero-order valence-electron chi connectivity index (χ0n) is 18.5. The van der Waals surface area contributed by atoms with E-state index in [1.54, 1.807) is 12.1 Å². The highest BCUT2D eigenvalue weighted by molar-refractivity contribution is 6.31. The second-order valence-corrected chi connectivity index (χ2v) is 7.63. The van der Waals surface area contributed by atoms with E-state index in [2.05, 4.69) is 5.32 Å². The molecule has 9 heteroatoms. The number of halogens is 1. The number of carbonyl (C=O) groups excluding carboxylic acids is 3. The Kier molecular flexibility index (Phi) is 8.10. The molecule has 0 saturated heterocycles. The molecule has 34 heavy (non-hydrogen) atoms. The molecule has 176 valence electrons. The van der Waals surface area contributed by atoms with Crippen LogP contribution in [-0.4, -0.2) is 31.0 Å². The van der Waals surface area contributed by atoms with Crippen LogP contribution < -0.4 is 20.5 Å². The minimum Gasteiger partial charge on any atom is -0.493 e. The monoisotopic (exact) mass is 482 g/mol. The van der Waals surface area contributed by atoms with Crippen molar-refractivity contribution in [3.8, 4) is 11.5 Å². The van der Waals surface area contributed by atoms with Gasteiger partial charge < -0.3 is 25.3 Å². The van der Waals surface area contributed by atoms with Crippen LogP contribution in [0.25, 0.3) is 0 Å². The van der Waals surface area contributed by atoms with Gasteiger partial charge in [0.1, 0.15) is 6.61 Å². The van der Waals surface area contributed by atoms with Gasteiger partial charge in [-0.2, -0.15) is 0 Å². The average molecular weight is 483 g/mol. The van der Waals surface area contributed by atoms with Crippen molar-refractivity contribution in [2.45, 2.75) is 19.6 Å². The van der Waals surface area contributed by atoms with Crippen molar-refractivity contribution in [2.75, 3.05) is 12.4 Å². The van der Waals surface area contributed by atoms with E-state index in [4.69, 9.17) is 31.5 Å². The van der Waals surface area contributed by atoms with Crippen LogP contribution in [0.4, 0.5) is 5.69 Å². The molecule has 0 aliphatic rings. The molecule has 8 nitrogen and oxygen atoms in total. The van der Waals surface area contributed by atoms with Gasteiger partial charge in [0.05, 0.1) is 12.7 Å². The number of nitrogens with one attached hydrogen (secondary N) is 1. The SMILES string of the molecule is COc1cc(C(=O)OC(C)C(=O)Nc2ccc(C(N)=O)cc2)ccc1OCc1ccccc1Cl. The summed E-state index contributed by atoms with van der Waals surface area (Å²) in [6.07, 6.45) is -1.08. The van der Waals surface area contributed by atoms with Crippen molar-refractivity contribution in [3.63, 3.8) is 0 Å². The Morgan fingerprint density at radius 2 is 1.65 bits per heavy atom. The molecule has 0 fully saturated rings. The number of ether oxygens (including phenoxy) is 3. The maximum absolute atomic E-state index is 12.6. The summed E-state index contributed by atoms with van der Waals surface area (Å²) in [7, 11) is 1.45.